The molecular formula is C15H17BrN4O. The zero-order chi connectivity index (χ0) is 14.7. The van der Waals surface area contributed by atoms with Gasteiger partial charge in [-0.2, -0.15) is 5.10 Å². The predicted molar refractivity (Wildman–Crippen MR) is 85.2 cm³/mol. The fourth-order valence-electron chi connectivity index (χ4n) is 2.60. The second-order valence-corrected chi connectivity index (χ2v) is 6.15. The number of rotatable bonds is 4. The van der Waals surface area contributed by atoms with E-state index in [2.05, 4.69) is 48.5 Å². The topological polar surface area (TPSA) is 61.0 Å². The van der Waals surface area contributed by atoms with E-state index in [0.717, 1.165) is 29.7 Å². The number of H-pyrrole nitrogens is 1. The highest BCUT2D eigenvalue weighted by molar-refractivity contribution is 9.10. The molecule has 1 unspecified atom stereocenters. The molecule has 110 valence electrons. The maximum absolute atomic E-state index is 12.0. The summed E-state index contributed by atoms with van der Waals surface area (Å²) in [5.74, 6) is 0.0434. The molecule has 3 rings (SSSR count). The van der Waals surface area contributed by atoms with Crippen molar-refractivity contribution in [1.82, 2.24) is 15.5 Å². The molecule has 1 amide bonds. The maximum atomic E-state index is 12.0. The number of benzene rings is 1. The van der Waals surface area contributed by atoms with E-state index in [1.165, 1.54) is 5.69 Å². The van der Waals surface area contributed by atoms with Gasteiger partial charge in [0, 0.05) is 41.2 Å². The molecule has 5 nitrogen and oxygen atoms in total. The molecule has 21 heavy (non-hydrogen) atoms. The number of nitrogens with one attached hydrogen (secondary N) is 2. The van der Waals surface area contributed by atoms with Gasteiger partial charge >= 0.3 is 0 Å². The molecule has 1 fully saturated rings. The van der Waals surface area contributed by atoms with Gasteiger partial charge in [-0.15, -0.1) is 0 Å². The van der Waals surface area contributed by atoms with Crippen LogP contribution < -0.4 is 10.2 Å². The molecule has 0 saturated carbocycles. The smallest absolute Gasteiger partial charge is 0.226 e. The zero-order valence-corrected chi connectivity index (χ0v) is 13.1. The summed E-state index contributed by atoms with van der Waals surface area (Å²) in [5, 5.41) is 9.75. The Morgan fingerprint density at radius 2 is 2.19 bits per heavy atom. The molecule has 1 aliphatic heterocycles. The van der Waals surface area contributed by atoms with Gasteiger partial charge in [-0.3, -0.25) is 9.89 Å². The third kappa shape index (κ3) is 3.64. The third-order valence-corrected chi connectivity index (χ3v) is 4.18. The van der Waals surface area contributed by atoms with Crippen molar-refractivity contribution in [1.29, 1.82) is 0 Å². The first kappa shape index (κ1) is 14.1. The number of carbonyl (C=O) groups excluding carboxylic acids is 1. The van der Waals surface area contributed by atoms with Crippen LogP contribution >= 0.6 is 15.9 Å². The summed E-state index contributed by atoms with van der Waals surface area (Å²) in [6.45, 7) is 1.83. The van der Waals surface area contributed by atoms with Crippen molar-refractivity contribution in [3.63, 3.8) is 0 Å². The average Bonchev–Trinajstić information content (AvgIpc) is 3.11. The van der Waals surface area contributed by atoms with Crippen LogP contribution in [0.25, 0.3) is 0 Å². The van der Waals surface area contributed by atoms with Crippen LogP contribution in [0, 0.1) is 0 Å². The largest absolute Gasteiger partial charge is 0.369 e. The second-order valence-electron chi connectivity index (χ2n) is 5.23. The van der Waals surface area contributed by atoms with E-state index in [0.29, 0.717) is 6.42 Å². The van der Waals surface area contributed by atoms with Crippen LogP contribution in [0.2, 0.25) is 0 Å². The molecule has 0 radical (unpaired) electrons. The standard InChI is InChI=1S/C15H17BrN4O/c16-11-1-3-14(4-2-11)20-8-6-13(10-20)18-15(21)9-12-5-7-17-19-12/h1-5,7,13H,6,8-10H2,(H,17,19)(H,18,21). The second kappa shape index (κ2) is 6.30. The van der Waals surface area contributed by atoms with Crippen molar-refractivity contribution in [2.24, 2.45) is 0 Å². The molecule has 6 heteroatoms. The Hall–Kier alpha value is -1.82. The van der Waals surface area contributed by atoms with Crippen LogP contribution in [0.15, 0.2) is 41.0 Å². The molecular weight excluding hydrogens is 332 g/mol. The molecule has 1 atom stereocenters. The van der Waals surface area contributed by atoms with Crippen molar-refractivity contribution >= 4 is 27.5 Å². The van der Waals surface area contributed by atoms with Gasteiger partial charge in [0.25, 0.3) is 0 Å². The van der Waals surface area contributed by atoms with Crippen LogP contribution in [0.4, 0.5) is 5.69 Å². The molecule has 0 bridgehead atoms. The number of aromatic nitrogens is 2. The molecule has 2 N–H and O–H groups in total. The predicted octanol–water partition coefficient (Wildman–Crippen LogP) is 2.11. The number of halogens is 1. The van der Waals surface area contributed by atoms with E-state index >= 15 is 0 Å². The number of nitrogens with zero attached hydrogens (tertiary/aromatic N) is 2. The number of hydrogen-bond donors (Lipinski definition) is 2. The summed E-state index contributed by atoms with van der Waals surface area (Å²) in [6, 6.07) is 10.3. The van der Waals surface area contributed by atoms with Gasteiger partial charge in [-0.1, -0.05) is 15.9 Å². The monoisotopic (exact) mass is 348 g/mol. The number of aromatic amines is 1. The Kier molecular flexibility index (Phi) is 4.24. The van der Waals surface area contributed by atoms with Crippen molar-refractivity contribution in [3.8, 4) is 0 Å². The quantitative estimate of drug-likeness (QED) is 0.889. The minimum absolute atomic E-state index is 0.0434. The van der Waals surface area contributed by atoms with Gasteiger partial charge in [0.2, 0.25) is 5.91 Å². The van der Waals surface area contributed by atoms with Gasteiger partial charge in [0.1, 0.15) is 0 Å². The Morgan fingerprint density at radius 3 is 2.90 bits per heavy atom. The highest BCUT2D eigenvalue weighted by atomic mass is 79.9. The minimum Gasteiger partial charge on any atom is -0.369 e. The molecule has 1 aliphatic rings. The van der Waals surface area contributed by atoms with Crippen LogP contribution in [0.1, 0.15) is 12.1 Å². The van der Waals surface area contributed by atoms with Crippen LogP contribution in [-0.2, 0) is 11.2 Å². The van der Waals surface area contributed by atoms with Crippen LogP contribution in [-0.4, -0.2) is 35.2 Å². The van der Waals surface area contributed by atoms with Crippen molar-refractivity contribution in [3.05, 3.63) is 46.7 Å². The van der Waals surface area contributed by atoms with E-state index < -0.39 is 0 Å². The first-order valence-electron chi connectivity index (χ1n) is 6.99. The summed E-state index contributed by atoms with van der Waals surface area (Å²) in [6.07, 6.45) is 2.99. The van der Waals surface area contributed by atoms with Crippen molar-refractivity contribution < 1.29 is 4.79 Å². The van der Waals surface area contributed by atoms with E-state index in [9.17, 15) is 4.79 Å². The summed E-state index contributed by atoms with van der Waals surface area (Å²) in [4.78, 5) is 14.3. The first-order valence-corrected chi connectivity index (χ1v) is 7.78. The van der Waals surface area contributed by atoms with E-state index in [1.54, 1.807) is 6.20 Å². The van der Waals surface area contributed by atoms with E-state index in [1.807, 2.05) is 18.2 Å². The first-order chi connectivity index (χ1) is 10.2. The lowest BCUT2D eigenvalue weighted by Gasteiger charge is -2.19. The molecule has 2 heterocycles. The SMILES string of the molecule is O=C(Cc1ccn[nH]1)NC1CCN(c2ccc(Br)cc2)C1. The van der Waals surface area contributed by atoms with Gasteiger partial charge in [-0.25, -0.2) is 0 Å². The summed E-state index contributed by atoms with van der Waals surface area (Å²) < 4.78 is 1.08. The Morgan fingerprint density at radius 1 is 1.38 bits per heavy atom. The van der Waals surface area contributed by atoms with Crippen LogP contribution in [0.3, 0.4) is 0 Å². The van der Waals surface area contributed by atoms with Gasteiger partial charge in [0.05, 0.1) is 6.42 Å². The lowest BCUT2D eigenvalue weighted by Crippen LogP contribution is -2.38. The Labute approximate surface area is 131 Å². The molecule has 1 aromatic carbocycles. The highest BCUT2D eigenvalue weighted by Crippen LogP contribution is 2.22. The fourth-order valence-corrected chi connectivity index (χ4v) is 2.86. The Bertz CT molecular complexity index is 597. The van der Waals surface area contributed by atoms with Gasteiger partial charge in [0.15, 0.2) is 0 Å². The Balaban J connectivity index is 1.52. The molecule has 0 aliphatic carbocycles. The average molecular weight is 349 g/mol. The van der Waals surface area contributed by atoms with Crippen molar-refractivity contribution in [2.45, 2.75) is 18.9 Å². The van der Waals surface area contributed by atoms with Crippen molar-refractivity contribution in [2.75, 3.05) is 18.0 Å². The number of carbonyl (C=O) groups is 1. The lowest BCUT2D eigenvalue weighted by atomic mass is 10.2. The van der Waals surface area contributed by atoms with Crippen LogP contribution in [0.5, 0.6) is 0 Å². The van der Waals surface area contributed by atoms with Gasteiger partial charge in [-0.05, 0) is 36.8 Å². The van der Waals surface area contributed by atoms with Gasteiger partial charge < -0.3 is 10.2 Å². The molecule has 1 aromatic heterocycles. The maximum Gasteiger partial charge on any atom is 0.226 e. The number of anilines is 1. The summed E-state index contributed by atoms with van der Waals surface area (Å²) in [7, 11) is 0. The number of amides is 1. The fraction of sp³-hybridized carbons (Fsp3) is 0.333. The summed E-state index contributed by atoms with van der Waals surface area (Å²) in [5.41, 5.74) is 2.04. The molecule has 1 saturated heterocycles. The number of hydrogen-bond acceptors (Lipinski definition) is 3. The molecule has 0 spiro atoms. The third-order valence-electron chi connectivity index (χ3n) is 3.65. The molecule has 2 aromatic rings. The summed E-state index contributed by atoms with van der Waals surface area (Å²) >= 11 is 3.44. The van der Waals surface area contributed by atoms with E-state index in [-0.39, 0.29) is 11.9 Å². The van der Waals surface area contributed by atoms with E-state index in [4.69, 9.17) is 0 Å². The lowest BCUT2D eigenvalue weighted by molar-refractivity contribution is -0.121. The normalized spacial score (nSPS) is 18.0. The zero-order valence-electron chi connectivity index (χ0n) is 11.6. The highest BCUT2D eigenvalue weighted by Gasteiger charge is 2.24. The minimum atomic E-state index is 0.0434.